The number of hydrogen-bond donors (Lipinski definition) is 0. The highest BCUT2D eigenvalue weighted by Gasteiger charge is 2.67. The molecule has 0 unspecified atom stereocenters. The lowest BCUT2D eigenvalue weighted by Gasteiger charge is -2.47. The third-order valence-electron chi connectivity index (χ3n) is 4.60. The third-order valence-corrected chi connectivity index (χ3v) is 4.60. The molecule has 0 N–H and O–H groups in total. The summed E-state index contributed by atoms with van der Waals surface area (Å²) in [7, 11) is 0. The Kier molecular flexibility index (Phi) is 4.73. The largest absolute Gasteiger partial charge is 0.299 e. The molecule has 1 aliphatic carbocycles. The van der Waals surface area contributed by atoms with Crippen molar-refractivity contribution in [2.75, 3.05) is 0 Å². The van der Waals surface area contributed by atoms with Crippen LogP contribution in [0.4, 0.5) is 0 Å². The normalized spacial score (nSPS) is 26.2. The number of rotatable bonds is 3. The minimum Gasteiger partial charge on any atom is -0.299 e. The number of Topliss-reactive ketones (excluding diaryl/α,β-unsaturated/α-hetero) is 1. The Bertz CT molecular complexity index is 566. The molecule has 0 spiro atoms. The molecule has 0 amide bonds. The third kappa shape index (κ3) is 2.07. The number of ketones is 1. The molecule has 0 aromatic rings. The second-order valence-corrected chi connectivity index (χ2v) is 5.93. The maximum absolute atomic E-state index is 12.4. The average Bonchev–Trinajstić information content (AvgIpc) is 2.48. The molecule has 1 saturated carbocycles. The van der Waals surface area contributed by atoms with Gasteiger partial charge in [0.25, 0.3) is 0 Å². The number of carbonyl (C=O) groups excluding carboxylic acids is 1. The van der Waals surface area contributed by atoms with Crippen molar-refractivity contribution < 1.29 is 4.79 Å². The van der Waals surface area contributed by atoms with Crippen LogP contribution in [0.2, 0.25) is 0 Å². The minimum absolute atomic E-state index is 0.0779. The van der Waals surface area contributed by atoms with E-state index in [1.165, 1.54) is 0 Å². The van der Waals surface area contributed by atoms with E-state index in [1.54, 1.807) is 13.8 Å². The van der Waals surface area contributed by atoms with Gasteiger partial charge in [0.15, 0.2) is 10.8 Å². The summed E-state index contributed by atoms with van der Waals surface area (Å²) in [6.45, 7) is 5.46. The quantitative estimate of drug-likeness (QED) is 0.789. The van der Waals surface area contributed by atoms with Gasteiger partial charge in [0.2, 0.25) is 0 Å². The topological polar surface area (TPSA) is 112 Å². The molecule has 0 aliphatic heterocycles. The van der Waals surface area contributed by atoms with E-state index in [2.05, 4.69) is 0 Å². The maximum Gasteiger partial charge on any atom is 0.185 e. The second-order valence-electron chi connectivity index (χ2n) is 5.93. The Morgan fingerprint density at radius 1 is 1.10 bits per heavy atom. The lowest BCUT2D eigenvalue weighted by Crippen LogP contribution is -2.56. The van der Waals surface area contributed by atoms with Crippen molar-refractivity contribution in [3.63, 3.8) is 0 Å². The minimum atomic E-state index is -1.89. The van der Waals surface area contributed by atoms with Crippen molar-refractivity contribution in [1.29, 1.82) is 21.0 Å². The Morgan fingerprint density at radius 3 is 1.90 bits per heavy atom. The first-order chi connectivity index (χ1) is 9.90. The van der Waals surface area contributed by atoms with Crippen LogP contribution in [0.15, 0.2) is 0 Å². The van der Waals surface area contributed by atoms with Gasteiger partial charge in [-0.15, -0.1) is 0 Å². The van der Waals surface area contributed by atoms with Crippen LogP contribution >= 0.6 is 0 Å². The average molecular weight is 282 g/mol. The van der Waals surface area contributed by atoms with E-state index >= 15 is 0 Å². The van der Waals surface area contributed by atoms with Gasteiger partial charge >= 0.3 is 0 Å². The van der Waals surface area contributed by atoms with Gasteiger partial charge in [-0.1, -0.05) is 27.2 Å². The Balaban J connectivity index is 3.70. The van der Waals surface area contributed by atoms with Gasteiger partial charge in [-0.3, -0.25) is 4.79 Å². The number of nitrogens with zero attached hydrogens (tertiary/aromatic N) is 4. The Hall–Kier alpha value is -2.37. The molecule has 1 rings (SSSR count). The van der Waals surface area contributed by atoms with E-state index in [4.69, 9.17) is 0 Å². The van der Waals surface area contributed by atoms with Crippen molar-refractivity contribution in [3.05, 3.63) is 0 Å². The molecular formula is C16H18N4O. The number of hydrogen-bond acceptors (Lipinski definition) is 5. The van der Waals surface area contributed by atoms with Gasteiger partial charge in [0.1, 0.15) is 5.78 Å². The van der Waals surface area contributed by atoms with Crippen molar-refractivity contribution in [2.45, 2.75) is 40.0 Å². The highest BCUT2D eigenvalue weighted by atomic mass is 16.1. The summed E-state index contributed by atoms with van der Waals surface area (Å²) < 4.78 is 0. The molecule has 0 bridgehead atoms. The van der Waals surface area contributed by atoms with Crippen molar-refractivity contribution in [3.8, 4) is 24.3 Å². The zero-order chi connectivity index (χ0) is 16.3. The van der Waals surface area contributed by atoms with E-state index < -0.39 is 22.7 Å². The molecule has 1 fully saturated rings. The summed E-state index contributed by atoms with van der Waals surface area (Å²) in [6, 6.07) is 7.65. The lowest BCUT2D eigenvalue weighted by molar-refractivity contribution is -0.135. The van der Waals surface area contributed by atoms with Gasteiger partial charge in [0, 0.05) is 12.3 Å². The van der Waals surface area contributed by atoms with Gasteiger partial charge < -0.3 is 0 Å². The summed E-state index contributed by atoms with van der Waals surface area (Å²) in [5.41, 5.74) is -3.66. The van der Waals surface area contributed by atoms with Crippen LogP contribution in [0.5, 0.6) is 0 Å². The van der Waals surface area contributed by atoms with Crippen LogP contribution in [0, 0.1) is 73.9 Å². The molecule has 0 aromatic carbocycles. The van der Waals surface area contributed by atoms with E-state index in [0.717, 1.165) is 0 Å². The highest BCUT2D eigenvalue weighted by Crippen LogP contribution is 2.57. The molecule has 108 valence electrons. The van der Waals surface area contributed by atoms with Crippen molar-refractivity contribution >= 4 is 5.78 Å². The molecule has 0 radical (unpaired) electrons. The Morgan fingerprint density at radius 2 is 1.57 bits per heavy atom. The summed E-state index contributed by atoms with van der Waals surface area (Å²) in [6.07, 6.45) is 1.03. The second kappa shape index (κ2) is 5.95. The summed E-state index contributed by atoms with van der Waals surface area (Å²) >= 11 is 0. The van der Waals surface area contributed by atoms with E-state index in [1.807, 2.05) is 31.2 Å². The summed E-state index contributed by atoms with van der Waals surface area (Å²) in [4.78, 5) is 12.4. The molecule has 5 heteroatoms. The standard InChI is InChI=1S/C16H18N4O/c1-4-5-12-14(21)6-13(11(2)3)16(9-19,10-20)15(12,7-17)8-18/h11-13H,4-6H2,1-3H3/t12-,13+/m0/s1. The molecule has 0 heterocycles. The van der Waals surface area contributed by atoms with Gasteiger partial charge in [-0.25, -0.2) is 0 Å². The number of carbonyl (C=O) groups is 1. The molecule has 2 atom stereocenters. The van der Waals surface area contributed by atoms with Crippen LogP contribution in [0.1, 0.15) is 40.0 Å². The van der Waals surface area contributed by atoms with Crippen LogP contribution < -0.4 is 0 Å². The van der Waals surface area contributed by atoms with E-state index in [0.29, 0.717) is 12.8 Å². The maximum atomic E-state index is 12.4. The fourth-order valence-corrected chi connectivity index (χ4v) is 3.45. The highest BCUT2D eigenvalue weighted by molar-refractivity contribution is 5.85. The lowest BCUT2D eigenvalue weighted by atomic mass is 9.47. The van der Waals surface area contributed by atoms with Gasteiger partial charge in [-0.05, 0) is 12.3 Å². The first-order valence-electron chi connectivity index (χ1n) is 7.08. The molecule has 0 aromatic heterocycles. The van der Waals surface area contributed by atoms with Crippen molar-refractivity contribution in [2.24, 2.45) is 28.6 Å². The summed E-state index contributed by atoms with van der Waals surface area (Å²) in [5.74, 6) is -1.80. The van der Waals surface area contributed by atoms with Crippen molar-refractivity contribution in [1.82, 2.24) is 0 Å². The van der Waals surface area contributed by atoms with Gasteiger partial charge in [0.05, 0.1) is 30.2 Å². The van der Waals surface area contributed by atoms with Crippen LogP contribution in [0.3, 0.4) is 0 Å². The number of nitriles is 4. The predicted molar refractivity (Wildman–Crippen MR) is 73.7 cm³/mol. The molecule has 1 aliphatic rings. The molecule has 0 saturated heterocycles. The van der Waals surface area contributed by atoms with Gasteiger partial charge in [-0.2, -0.15) is 21.0 Å². The van der Waals surface area contributed by atoms with Crippen LogP contribution in [-0.2, 0) is 4.79 Å². The first-order valence-corrected chi connectivity index (χ1v) is 7.08. The van der Waals surface area contributed by atoms with Crippen LogP contribution in [-0.4, -0.2) is 5.78 Å². The molecular weight excluding hydrogens is 264 g/mol. The zero-order valence-corrected chi connectivity index (χ0v) is 12.6. The first kappa shape index (κ1) is 16.7. The van der Waals surface area contributed by atoms with Crippen LogP contribution in [0.25, 0.3) is 0 Å². The Labute approximate surface area is 125 Å². The molecule has 21 heavy (non-hydrogen) atoms. The van der Waals surface area contributed by atoms with E-state index in [-0.39, 0.29) is 18.1 Å². The fourth-order valence-electron chi connectivity index (χ4n) is 3.45. The van der Waals surface area contributed by atoms with E-state index in [9.17, 15) is 25.8 Å². The smallest absolute Gasteiger partial charge is 0.185 e. The SMILES string of the molecule is CCC[C@H]1C(=O)C[C@H](C(C)C)C(C#N)(C#N)C1(C#N)C#N. The summed E-state index contributed by atoms with van der Waals surface area (Å²) in [5, 5.41) is 38.5. The molecule has 5 nitrogen and oxygen atoms in total. The predicted octanol–water partition coefficient (Wildman–Crippen LogP) is 2.71. The fraction of sp³-hybridized carbons (Fsp3) is 0.688. The monoisotopic (exact) mass is 282 g/mol. The zero-order valence-electron chi connectivity index (χ0n) is 12.6.